The molecule has 0 aliphatic heterocycles. The van der Waals surface area contributed by atoms with Gasteiger partial charge in [0.25, 0.3) is 0 Å². The molecule has 0 aliphatic carbocycles. The molecule has 5 nitrogen and oxygen atoms in total. The maximum absolute atomic E-state index is 11.0. The second-order valence-corrected chi connectivity index (χ2v) is 4.57. The Morgan fingerprint density at radius 3 is 2.75 bits per heavy atom. The van der Waals surface area contributed by atoms with Gasteiger partial charge in [-0.2, -0.15) is 5.26 Å². The maximum Gasteiger partial charge on any atom is 0.221 e. The largest absolute Gasteiger partial charge is 0.381 e. The Morgan fingerprint density at radius 2 is 2.10 bits per heavy atom. The summed E-state index contributed by atoms with van der Waals surface area (Å²) in [5, 5.41) is 14.9. The highest BCUT2D eigenvalue weighted by Crippen LogP contribution is 2.16. The van der Waals surface area contributed by atoms with Crippen molar-refractivity contribution in [3.8, 4) is 6.07 Å². The summed E-state index contributed by atoms with van der Waals surface area (Å²) < 4.78 is 1.80. The van der Waals surface area contributed by atoms with Crippen LogP contribution in [0.5, 0.6) is 0 Å². The van der Waals surface area contributed by atoms with E-state index in [4.69, 9.17) is 5.26 Å². The third-order valence-electron chi connectivity index (χ3n) is 2.86. The summed E-state index contributed by atoms with van der Waals surface area (Å²) in [4.78, 5) is 11.0. The molecule has 20 heavy (non-hydrogen) atoms. The van der Waals surface area contributed by atoms with Crippen molar-refractivity contribution in [2.45, 2.75) is 13.5 Å². The third-order valence-corrected chi connectivity index (χ3v) is 2.86. The van der Waals surface area contributed by atoms with Crippen LogP contribution in [0.4, 0.5) is 11.4 Å². The van der Waals surface area contributed by atoms with Crippen molar-refractivity contribution in [2.24, 2.45) is 7.05 Å². The van der Waals surface area contributed by atoms with E-state index in [2.05, 4.69) is 16.7 Å². The van der Waals surface area contributed by atoms with Crippen molar-refractivity contribution in [1.29, 1.82) is 5.26 Å². The minimum Gasteiger partial charge on any atom is -0.381 e. The van der Waals surface area contributed by atoms with E-state index in [1.807, 2.05) is 43.6 Å². The van der Waals surface area contributed by atoms with Crippen molar-refractivity contribution < 1.29 is 4.79 Å². The number of aryl methyl sites for hydroxylation is 1. The predicted octanol–water partition coefficient (Wildman–Crippen LogP) is 2.47. The number of carbonyl (C=O) groups is 1. The van der Waals surface area contributed by atoms with E-state index in [0.29, 0.717) is 12.2 Å². The third kappa shape index (κ3) is 3.39. The molecule has 2 rings (SSSR count). The highest BCUT2D eigenvalue weighted by molar-refractivity contribution is 5.89. The fourth-order valence-electron chi connectivity index (χ4n) is 1.96. The van der Waals surface area contributed by atoms with Gasteiger partial charge in [0.1, 0.15) is 11.8 Å². The molecule has 2 aromatic rings. The van der Waals surface area contributed by atoms with Gasteiger partial charge in [0.05, 0.1) is 0 Å². The second-order valence-electron chi connectivity index (χ2n) is 4.57. The molecule has 5 heteroatoms. The number of amides is 1. The predicted molar refractivity (Wildman–Crippen MR) is 78.2 cm³/mol. The lowest BCUT2D eigenvalue weighted by molar-refractivity contribution is -0.114. The van der Waals surface area contributed by atoms with Gasteiger partial charge in [0.15, 0.2) is 0 Å². The zero-order valence-corrected chi connectivity index (χ0v) is 11.5. The lowest BCUT2D eigenvalue weighted by atomic mass is 10.2. The van der Waals surface area contributed by atoms with E-state index in [-0.39, 0.29) is 5.91 Å². The van der Waals surface area contributed by atoms with E-state index in [9.17, 15) is 4.79 Å². The van der Waals surface area contributed by atoms with Gasteiger partial charge >= 0.3 is 0 Å². The van der Waals surface area contributed by atoms with Crippen molar-refractivity contribution in [1.82, 2.24) is 4.57 Å². The molecular weight excluding hydrogens is 252 g/mol. The van der Waals surface area contributed by atoms with Crippen LogP contribution in [-0.4, -0.2) is 10.5 Å². The van der Waals surface area contributed by atoms with Gasteiger partial charge in [0, 0.05) is 38.1 Å². The Bertz CT molecular complexity index is 667. The number of anilines is 2. The summed E-state index contributed by atoms with van der Waals surface area (Å²) in [5.41, 5.74) is 3.34. The Morgan fingerprint density at radius 1 is 1.35 bits per heavy atom. The highest BCUT2D eigenvalue weighted by atomic mass is 16.1. The van der Waals surface area contributed by atoms with Crippen LogP contribution in [0.15, 0.2) is 36.5 Å². The van der Waals surface area contributed by atoms with Crippen LogP contribution in [0.1, 0.15) is 18.2 Å². The van der Waals surface area contributed by atoms with E-state index < -0.39 is 0 Å². The number of aromatic nitrogens is 1. The molecule has 102 valence electrons. The maximum atomic E-state index is 11.0. The molecule has 0 unspecified atom stereocenters. The molecule has 0 saturated carbocycles. The highest BCUT2D eigenvalue weighted by Gasteiger charge is 2.02. The van der Waals surface area contributed by atoms with Crippen LogP contribution >= 0.6 is 0 Å². The molecule has 1 aromatic heterocycles. The molecule has 0 bridgehead atoms. The van der Waals surface area contributed by atoms with Crippen LogP contribution in [-0.2, 0) is 18.4 Å². The normalized spacial score (nSPS) is 9.85. The van der Waals surface area contributed by atoms with E-state index >= 15 is 0 Å². The topological polar surface area (TPSA) is 69.8 Å². The first-order chi connectivity index (χ1) is 9.58. The zero-order chi connectivity index (χ0) is 14.5. The number of nitrogens with one attached hydrogen (secondary N) is 2. The zero-order valence-electron chi connectivity index (χ0n) is 11.5. The minimum atomic E-state index is -0.0936. The van der Waals surface area contributed by atoms with Crippen molar-refractivity contribution in [2.75, 3.05) is 10.6 Å². The molecule has 0 aliphatic rings. The molecule has 1 aromatic carbocycles. The summed E-state index contributed by atoms with van der Waals surface area (Å²) >= 11 is 0. The standard InChI is InChI=1S/C15H16N4O/c1-11(20)18-14-5-3-4-13(7-14)17-9-12-6-15(8-16)19(2)10-12/h3-7,10,17H,9H2,1-2H3,(H,18,20). The number of carbonyl (C=O) groups excluding carboxylic acids is 1. The molecule has 1 heterocycles. The monoisotopic (exact) mass is 268 g/mol. The van der Waals surface area contributed by atoms with Crippen LogP contribution < -0.4 is 10.6 Å². The Kier molecular flexibility index (Phi) is 4.06. The number of rotatable bonds is 4. The Labute approximate surface area is 117 Å². The summed E-state index contributed by atoms with van der Waals surface area (Å²) in [6, 6.07) is 11.5. The molecule has 2 N–H and O–H groups in total. The average Bonchev–Trinajstić information content (AvgIpc) is 2.76. The first-order valence-corrected chi connectivity index (χ1v) is 6.25. The van der Waals surface area contributed by atoms with E-state index in [1.54, 1.807) is 4.57 Å². The van der Waals surface area contributed by atoms with Crippen molar-refractivity contribution >= 4 is 17.3 Å². The molecule has 0 fully saturated rings. The van der Waals surface area contributed by atoms with Crippen LogP contribution in [0.2, 0.25) is 0 Å². The molecule has 0 radical (unpaired) electrons. The minimum absolute atomic E-state index is 0.0936. The van der Waals surface area contributed by atoms with Gasteiger partial charge in [-0.25, -0.2) is 0 Å². The van der Waals surface area contributed by atoms with Gasteiger partial charge in [-0.05, 0) is 29.8 Å². The lowest BCUT2D eigenvalue weighted by Gasteiger charge is -2.07. The molecule has 0 saturated heterocycles. The van der Waals surface area contributed by atoms with Gasteiger partial charge in [-0.3, -0.25) is 4.79 Å². The van der Waals surface area contributed by atoms with Gasteiger partial charge in [-0.15, -0.1) is 0 Å². The summed E-state index contributed by atoms with van der Waals surface area (Å²) in [6.07, 6.45) is 1.92. The second kappa shape index (κ2) is 5.93. The summed E-state index contributed by atoms with van der Waals surface area (Å²) in [5.74, 6) is -0.0936. The van der Waals surface area contributed by atoms with Gasteiger partial charge in [-0.1, -0.05) is 6.07 Å². The smallest absolute Gasteiger partial charge is 0.221 e. The first kappa shape index (κ1) is 13.7. The first-order valence-electron chi connectivity index (χ1n) is 6.25. The average molecular weight is 268 g/mol. The quantitative estimate of drug-likeness (QED) is 0.895. The van der Waals surface area contributed by atoms with Crippen LogP contribution in [0, 0.1) is 11.3 Å². The number of hydrogen-bond donors (Lipinski definition) is 2. The SMILES string of the molecule is CC(=O)Nc1cccc(NCc2cc(C#N)n(C)c2)c1. The molecular formula is C15H16N4O. The van der Waals surface area contributed by atoms with Crippen molar-refractivity contribution in [3.63, 3.8) is 0 Å². The fraction of sp³-hybridized carbons (Fsp3) is 0.200. The fourth-order valence-corrected chi connectivity index (χ4v) is 1.96. The molecule has 0 atom stereocenters. The number of nitrogens with zero attached hydrogens (tertiary/aromatic N) is 2. The van der Waals surface area contributed by atoms with E-state index in [0.717, 1.165) is 16.9 Å². The number of hydrogen-bond acceptors (Lipinski definition) is 3. The Balaban J connectivity index is 2.03. The molecule has 1 amide bonds. The van der Waals surface area contributed by atoms with E-state index in [1.165, 1.54) is 6.92 Å². The summed E-state index contributed by atoms with van der Waals surface area (Å²) in [6.45, 7) is 2.10. The van der Waals surface area contributed by atoms with Gasteiger partial charge < -0.3 is 15.2 Å². The lowest BCUT2D eigenvalue weighted by Crippen LogP contribution is -2.06. The number of benzene rings is 1. The van der Waals surface area contributed by atoms with Crippen LogP contribution in [0.25, 0.3) is 0 Å². The molecule has 0 spiro atoms. The number of nitriles is 1. The summed E-state index contributed by atoms with van der Waals surface area (Å²) in [7, 11) is 1.85. The Hall–Kier alpha value is -2.74. The van der Waals surface area contributed by atoms with Gasteiger partial charge in [0.2, 0.25) is 5.91 Å². The van der Waals surface area contributed by atoms with Crippen molar-refractivity contribution in [3.05, 3.63) is 47.8 Å². The van der Waals surface area contributed by atoms with Crippen LogP contribution in [0.3, 0.4) is 0 Å².